The molecule has 160 valence electrons. The number of carboxylic acids is 1. The van der Waals surface area contributed by atoms with E-state index in [9.17, 15) is 9.90 Å². The minimum Gasteiger partial charge on any atom is -0.478 e. The molecular weight excluding hydrogens is 420 g/mol. The summed E-state index contributed by atoms with van der Waals surface area (Å²) >= 11 is 1.51. The van der Waals surface area contributed by atoms with Crippen molar-refractivity contribution < 1.29 is 9.90 Å². The zero-order chi connectivity index (χ0) is 22.2. The van der Waals surface area contributed by atoms with Gasteiger partial charge < -0.3 is 9.67 Å². The number of pyridine rings is 1. The highest BCUT2D eigenvalue weighted by Crippen LogP contribution is 2.33. The first-order chi connectivity index (χ1) is 15.5. The average Bonchev–Trinajstić information content (AvgIpc) is 3.36. The molecule has 5 aromatic rings. The number of aromatic nitrogens is 4. The van der Waals surface area contributed by atoms with Gasteiger partial charge in [-0.1, -0.05) is 31.2 Å². The van der Waals surface area contributed by atoms with Crippen LogP contribution < -0.4 is 0 Å². The summed E-state index contributed by atoms with van der Waals surface area (Å²) in [5, 5.41) is 10.2. The van der Waals surface area contributed by atoms with Crippen LogP contribution in [-0.2, 0) is 13.0 Å². The molecule has 3 aromatic heterocycles. The monoisotopic (exact) mass is 442 g/mol. The summed E-state index contributed by atoms with van der Waals surface area (Å²) in [6.45, 7) is 4.88. The molecule has 0 fully saturated rings. The number of thiazole rings is 1. The first kappa shape index (κ1) is 20.3. The molecule has 2 aromatic carbocycles. The van der Waals surface area contributed by atoms with Gasteiger partial charge in [-0.15, -0.1) is 11.3 Å². The van der Waals surface area contributed by atoms with Gasteiger partial charge in [-0.05, 0) is 48.7 Å². The third kappa shape index (κ3) is 3.54. The summed E-state index contributed by atoms with van der Waals surface area (Å²) in [6, 6.07) is 15.2. The van der Waals surface area contributed by atoms with Crippen molar-refractivity contribution in [3.8, 4) is 10.6 Å². The number of aryl methyl sites for hydroxylation is 2. The molecule has 0 aliphatic heterocycles. The fourth-order valence-electron chi connectivity index (χ4n) is 3.99. The van der Waals surface area contributed by atoms with Crippen molar-refractivity contribution in [2.75, 3.05) is 0 Å². The second-order valence-electron chi connectivity index (χ2n) is 7.84. The Kier molecular flexibility index (Phi) is 5.19. The Balaban J connectivity index is 1.56. The Morgan fingerprint density at radius 1 is 1.12 bits per heavy atom. The Morgan fingerprint density at radius 2 is 1.97 bits per heavy atom. The van der Waals surface area contributed by atoms with Crippen molar-refractivity contribution in [3.05, 3.63) is 77.2 Å². The fourth-order valence-corrected chi connectivity index (χ4v) is 4.97. The van der Waals surface area contributed by atoms with E-state index in [-0.39, 0.29) is 5.56 Å². The van der Waals surface area contributed by atoms with Gasteiger partial charge in [0.2, 0.25) is 0 Å². The second kappa shape index (κ2) is 8.16. The van der Waals surface area contributed by atoms with Crippen LogP contribution in [0.4, 0.5) is 0 Å². The number of carboxylic acid groups (broad SMARTS) is 1. The number of benzene rings is 2. The zero-order valence-electron chi connectivity index (χ0n) is 17.9. The van der Waals surface area contributed by atoms with E-state index >= 15 is 0 Å². The SMILES string of the molecule is CCCc1nc2c(C)ccnc2n1Cc1ccc2sc(-c3ccccc3C(=O)O)nc2c1. The van der Waals surface area contributed by atoms with Gasteiger partial charge in [0, 0.05) is 18.2 Å². The maximum Gasteiger partial charge on any atom is 0.336 e. The van der Waals surface area contributed by atoms with E-state index in [1.165, 1.54) is 11.3 Å². The molecular formula is C25H22N4O2S. The van der Waals surface area contributed by atoms with Gasteiger partial charge in [-0.3, -0.25) is 0 Å². The molecule has 6 nitrogen and oxygen atoms in total. The largest absolute Gasteiger partial charge is 0.478 e. The molecule has 0 aliphatic carbocycles. The Bertz CT molecular complexity index is 1470. The van der Waals surface area contributed by atoms with Crippen LogP contribution in [0.3, 0.4) is 0 Å². The summed E-state index contributed by atoms with van der Waals surface area (Å²) < 4.78 is 3.22. The molecule has 32 heavy (non-hydrogen) atoms. The molecule has 0 spiro atoms. The van der Waals surface area contributed by atoms with E-state index in [0.717, 1.165) is 51.2 Å². The van der Waals surface area contributed by atoms with E-state index < -0.39 is 5.97 Å². The molecule has 0 saturated heterocycles. The van der Waals surface area contributed by atoms with Gasteiger partial charge in [0.25, 0.3) is 0 Å². The first-order valence-corrected chi connectivity index (χ1v) is 11.4. The normalized spacial score (nSPS) is 11.4. The number of hydrogen-bond acceptors (Lipinski definition) is 5. The van der Waals surface area contributed by atoms with Crippen LogP contribution in [0, 0.1) is 6.92 Å². The molecule has 3 heterocycles. The quantitative estimate of drug-likeness (QED) is 0.364. The maximum absolute atomic E-state index is 11.6. The molecule has 0 amide bonds. The lowest BCUT2D eigenvalue weighted by Crippen LogP contribution is -2.06. The molecule has 0 radical (unpaired) electrons. The third-order valence-electron chi connectivity index (χ3n) is 5.57. The van der Waals surface area contributed by atoms with E-state index in [1.54, 1.807) is 12.1 Å². The maximum atomic E-state index is 11.6. The van der Waals surface area contributed by atoms with Crippen LogP contribution >= 0.6 is 11.3 Å². The molecule has 0 aliphatic rings. The summed E-state index contributed by atoms with van der Waals surface area (Å²) in [4.78, 5) is 25.9. The number of imidazole rings is 1. The predicted molar refractivity (Wildman–Crippen MR) is 127 cm³/mol. The topological polar surface area (TPSA) is 80.9 Å². The van der Waals surface area contributed by atoms with Crippen molar-refractivity contribution in [1.82, 2.24) is 19.5 Å². The summed E-state index contributed by atoms with van der Waals surface area (Å²) in [5.74, 6) is 0.0949. The van der Waals surface area contributed by atoms with Crippen molar-refractivity contribution in [3.63, 3.8) is 0 Å². The van der Waals surface area contributed by atoms with Gasteiger partial charge in [0.1, 0.15) is 16.3 Å². The molecule has 7 heteroatoms. The van der Waals surface area contributed by atoms with Crippen LogP contribution in [0.5, 0.6) is 0 Å². The number of aromatic carboxylic acids is 1. The van der Waals surface area contributed by atoms with Gasteiger partial charge in [0.15, 0.2) is 5.65 Å². The predicted octanol–water partition coefficient (Wildman–Crippen LogP) is 5.72. The Hall–Kier alpha value is -3.58. The Morgan fingerprint density at radius 3 is 2.78 bits per heavy atom. The fraction of sp³-hybridized carbons (Fsp3) is 0.200. The summed E-state index contributed by atoms with van der Waals surface area (Å²) in [5.41, 5.74) is 5.88. The lowest BCUT2D eigenvalue weighted by atomic mass is 10.1. The zero-order valence-corrected chi connectivity index (χ0v) is 18.7. The molecule has 0 unspecified atom stereocenters. The highest BCUT2D eigenvalue weighted by molar-refractivity contribution is 7.21. The summed E-state index contributed by atoms with van der Waals surface area (Å²) in [6.07, 6.45) is 3.74. The lowest BCUT2D eigenvalue weighted by molar-refractivity contribution is 0.0697. The van der Waals surface area contributed by atoms with Crippen molar-refractivity contribution in [2.24, 2.45) is 0 Å². The smallest absolute Gasteiger partial charge is 0.336 e. The van der Waals surface area contributed by atoms with E-state index in [4.69, 9.17) is 9.97 Å². The average molecular weight is 443 g/mol. The van der Waals surface area contributed by atoms with E-state index in [0.29, 0.717) is 17.1 Å². The molecule has 0 saturated carbocycles. The second-order valence-corrected chi connectivity index (χ2v) is 8.87. The number of nitrogens with zero attached hydrogens (tertiary/aromatic N) is 4. The van der Waals surface area contributed by atoms with Crippen molar-refractivity contribution >= 4 is 38.7 Å². The highest BCUT2D eigenvalue weighted by atomic mass is 32.1. The van der Waals surface area contributed by atoms with Crippen LogP contribution in [-0.4, -0.2) is 30.6 Å². The van der Waals surface area contributed by atoms with Crippen LogP contribution in [0.2, 0.25) is 0 Å². The van der Waals surface area contributed by atoms with Crippen molar-refractivity contribution in [2.45, 2.75) is 33.2 Å². The van der Waals surface area contributed by atoms with E-state index in [1.807, 2.05) is 24.4 Å². The minimum absolute atomic E-state index is 0.266. The molecule has 0 atom stereocenters. The van der Waals surface area contributed by atoms with Gasteiger partial charge in [0.05, 0.1) is 22.3 Å². The first-order valence-electron chi connectivity index (χ1n) is 10.6. The van der Waals surface area contributed by atoms with Crippen LogP contribution in [0.15, 0.2) is 54.7 Å². The van der Waals surface area contributed by atoms with Crippen LogP contribution in [0.25, 0.3) is 32.0 Å². The number of carbonyl (C=O) groups is 1. The molecule has 5 rings (SSSR count). The Labute approximate surface area is 189 Å². The number of fused-ring (bicyclic) bond motifs is 2. The minimum atomic E-state index is -0.946. The van der Waals surface area contributed by atoms with E-state index in [2.05, 4.69) is 41.6 Å². The highest BCUT2D eigenvalue weighted by Gasteiger charge is 2.16. The summed E-state index contributed by atoms with van der Waals surface area (Å²) in [7, 11) is 0. The number of hydrogen-bond donors (Lipinski definition) is 1. The molecule has 1 N–H and O–H groups in total. The third-order valence-corrected chi connectivity index (χ3v) is 6.64. The number of rotatable bonds is 6. The lowest BCUT2D eigenvalue weighted by Gasteiger charge is -2.08. The molecule has 0 bridgehead atoms. The van der Waals surface area contributed by atoms with Gasteiger partial charge in [-0.2, -0.15) is 0 Å². The van der Waals surface area contributed by atoms with Gasteiger partial charge >= 0.3 is 5.97 Å². The standard InChI is InChI=1S/C25H22N4O2S/c1-3-6-21-28-22-15(2)11-12-26-23(22)29(21)14-16-9-10-20-19(13-16)27-24(32-20)17-7-4-5-8-18(17)25(30)31/h4-5,7-13H,3,6,14H2,1-2H3,(H,30,31). The van der Waals surface area contributed by atoms with Crippen molar-refractivity contribution in [1.29, 1.82) is 0 Å². The van der Waals surface area contributed by atoms with Crippen LogP contribution in [0.1, 0.15) is 40.7 Å². The van der Waals surface area contributed by atoms with Gasteiger partial charge in [-0.25, -0.2) is 19.7 Å².